The van der Waals surface area contributed by atoms with Crippen LogP contribution in [0.4, 0.5) is 5.69 Å². The van der Waals surface area contributed by atoms with E-state index >= 15 is 0 Å². The monoisotopic (exact) mass is 426 g/mol. The molecule has 0 saturated heterocycles. The normalized spacial score (nSPS) is 15.9. The quantitative estimate of drug-likeness (QED) is 0.475. The van der Waals surface area contributed by atoms with Crippen LogP contribution in [-0.4, -0.2) is 19.9 Å². The van der Waals surface area contributed by atoms with Crippen molar-refractivity contribution >= 4 is 34.6 Å². The Labute approximate surface area is 180 Å². The van der Waals surface area contributed by atoms with E-state index in [0.717, 1.165) is 40.4 Å². The van der Waals surface area contributed by atoms with E-state index in [4.69, 9.17) is 37.8 Å². The summed E-state index contributed by atoms with van der Waals surface area (Å²) in [7, 11) is 3.31. The highest BCUT2D eigenvalue weighted by molar-refractivity contribution is 6.31. The van der Waals surface area contributed by atoms with Crippen LogP contribution in [0.1, 0.15) is 23.6 Å². The van der Waals surface area contributed by atoms with Gasteiger partial charge in [-0.15, -0.1) is 0 Å². The van der Waals surface area contributed by atoms with E-state index < -0.39 is 0 Å². The molecule has 1 unspecified atom stereocenters. The molecule has 29 heavy (non-hydrogen) atoms. The molecule has 4 rings (SSSR count). The maximum Gasteiger partial charge on any atom is 0.127 e. The summed E-state index contributed by atoms with van der Waals surface area (Å²) in [5.74, 6) is 1.51. The number of halogens is 2. The number of hydrazone groups is 1. The van der Waals surface area contributed by atoms with Crippen LogP contribution in [0.25, 0.3) is 0 Å². The van der Waals surface area contributed by atoms with Gasteiger partial charge in [0.25, 0.3) is 0 Å². The first-order chi connectivity index (χ1) is 14.1. The van der Waals surface area contributed by atoms with E-state index in [1.165, 1.54) is 0 Å². The van der Waals surface area contributed by atoms with Gasteiger partial charge in [-0.3, -0.25) is 5.01 Å². The van der Waals surface area contributed by atoms with E-state index in [0.29, 0.717) is 10.0 Å². The molecular weight excluding hydrogens is 407 g/mol. The van der Waals surface area contributed by atoms with Crippen LogP contribution >= 0.6 is 23.2 Å². The Morgan fingerprint density at radius 2 is 1.69 bits per heavy atom. The molecular formula is C23H20Cl2N2O2. The van der Waals surface area contributed by atoms with Crippen LogP contribution in [-0.2, 0) is 0 Å². The van der Waals surface area contributed by atoms with Gasteiger partial charge in [0.2, 0.25) is 0 Å². The number of nitrogens with zero attached hydrogens (tertiary/aromatic N) is 2. The number of rotatable bonds is 5. The predicted octanol–water partition coefficient (Wildman–Crippen LogP) is 6.37. The molecule has 3 aromatic rings. The summed E-state index contributed by atoms with van der Waals surface area (Å²) < 4.78 is 11.0. The van der Waals surface area contributed by atoms with Crippen molar-refractivity contribution in [3.05, 3.63) is 87.9 Å². The van der Waals surface area contributed by atoms with E-state index in [1.807, 2.05) is 71.7 Å². The third-order valence-electron chi connectivity index (χ3n) is 4.96. The lowest BCUT2D eigenvalue weighted by molar-refractivity contribution is 0.388. The molecule has 1 atom stereocenters. The molecule has 1 heterocycles. The number of ether oxygens (including phenoxy) is 2. The van der Waals surface area contributed by atoms with E-state index in [2.05, 4.69) is 0 Å². The molecule has 0 saturated carbocycles. The summed E-state index contributed by atoms with van der Waals surface area (Å²) in [4.78, 5) is 0. The van der Waals surface area contributed by atoms with Crippen LogP contribution in [0.2, 0.25) is 10.0 Å². The van der Waals surface area contributed by atoms with Gasteiger partial charge >= 0.3 is 0 Å². The zero-order chi connectivity index (χ0) is 20.4. The minimum Gasteiger partial charge on any atom is -0.497 e. The van der Waals surface area contributed by atoms with Crippen molar-refractivity contribution in [2.75, 3.05) is 19.2 Å². The molecule has 148 valence electrons. The lowest BCUT2D eigenvalue weighted by Crippen LogP contribution is -2.19. The SMILES string of the molecule is COc1ccc(C2CC(c3ccc(Cl)cc3)=NN2c2cccc(Cl)c2)c(OC)c1. The summed E-state index contributed by atoms with van der Waals surface area (Å²) in [6.45, 7) is 0. The zero-order valence-corrected chi connectivity index (χ0v) is 17.6. The van der Waals surface area contributed by atoms with Crippen molar-refractivity contribution in [2.24, 2.45) is 5.10 Å². The van der Waals surface area contributed by atoms with Crippen LogP contribution in [0, 0.1) is 0 Å². The Balaban J connectivity index is 1.79. The molecule has 0 spiro atoms. The molecule has 0 aromatic heterocycles. The molecule has 0 amide bonds. The Hall–Kier alpha value is -2.69. The highest BCUT2D eigenvalue weighted by Crippen LogP contribution is 2.41. The van der Waals surface area contributed by atoms with Gasteiger partial charge in [0.05, 0.1) is 31.7 Å². The molecule has 6 heteroatoms. The third kappa shape index (κ3) is 4.04. The molecule has 0 aliphatic carbocycles. The van der Waals surface area contributed by atoms with Crippen LogP contribution in [0.3, 0.4) is 0 Å². The van der Waals surface area contributed by atoms with Gasteiger partial charge in [-0.1, -0.05) is 41.4 Å². The lowest BCUT2D eigenvalue weighted by Gasteiger charge is -2.25. The van der Waals surface area contributed by atoms with Crippen molar-refractivity contribution in [1.82, 2.24) is 0 Å². The summed E-state index contributed by atoms with van der Waals surface area (Å²) in [5.41, 5.74) is 3.96. The maximum atomic E-state index is 6.25. The topological polar surface area (TPSA) is 34.1 Å². The van der Waals surface area contributed by atoms with Crippen LogP contribution < -0.4 is 14.5 Å². The Bertz CT molecular complexity index is 1050. The van der Waals surface area contributed by atoms with Crippen LogP contribution in [0.5, 0.6) is 11.5 Å². The number of hydrogen-bond acceptors (Lipinski definition) is 4. The highest BCUT2D eigenvalue weighted by Gasteiger charge is 2.32. The van der Waals surface area contributed by atoms with Crippen LogP contribution in [0.15, 0.2) is 71.8 Å². The molecule has 0 N–H and O–H groups in total. The fraction of sp³-hybridized carbons (Fsp3) is 0.174. The first-order valence-corrected chi connectivity index (χ1v) is 9.95. The second-order valence-electron chi connectivity index (χ2n) is 6.71. The lowest BCUT2D eigenvalue weighted by atomic mass is 9.97. The van der Waals surface area contributed by atoms with Gasteiger partial charge in [-0.05, 0) is 48.0 Å². The molecule has 3 aromatic carbocycles. The van der Waals surface area contributed by atoms with Gasteiger partial charge in [-0.2, -0.15) is 5.10 Å². The zero-order valence-electron chi connectivity index (χ0n) is 16.1. The fourth-order valence-electron chi connectivity index (χ4n) is 3.52. The molecule has 1 aliphatic rings. The highest BCUT2D eigenvalue weighted by atomic mass is 35.5. The molecule has 0 radical (unpaired) electrons. The number of benzene rings is 3. The van der Waals surface area contributed by atoms with Gasteiger partial charge in [0, 0.05) is 28.1 Å². The van der Waals surface area contributed by atoms with Crippen molar-refractivity contribution in [2.45, 2.75) is 12.5 Å². The second-order valence-corrected chi connectivity index (χ2v) is 7.58. The van der Waals surface area contributed by atoms with E-state index in [-0.39, 0.29) is 6.04 Å². The molecule has 0 bridgehead atoms. The first-order valence-electron chi connectivity index (χ1n) is 9.19. The average molecular weight is 427 g/mol. The Kier molecular flexibility index (Phi) is 5.65. The van der Waals surface area contributed by atoms with Crippen molar-refractivity contribution in [3.63, 3.8) is 0 Å². The van der Waals surface area contributed by atoms with Gasteiger partial charge in [0.15, 0.2) is 0 Å². The second kappa shape index (κ2) is 8.36. The number of methoxy groups -OCH3 is 2. The molecule has 4 nitrogen and oxygen atoms in total. The molecule has 0 fully saturated rings. The number of anilines is 1. The van der Waals surface area contributed by atoms with Crippen molar-refractivity contribution in [3.8, 4) is 11.5 Å². The minimum absolute atomic E-state index is 0.0417. The standard InChI is InChI=1S/C23H20Cl2N2O2/c1-28-19-10-11-20(23(13-19)29-2)22-14-21(15-6-8-16(24)9-7-15)26-27(22)18-5-3-4-17(25)12-18/h3-13,22H,14H2,1-2H3. The number of hydrogen-bond donors (Lipinski definition) is 0. The van der Waals surface area contributed by atoms with Crippen molar-refractivity contribution in [1.29, 1.82) is 0 Å². The van der Waals surface area contributed by atoms with Gasteiger partial charge < -0.3 is 9.47 Å². The predicted molar refractivity (Wildman–Crippen MR) is 119 cm³/mol. The van der Waals surface area contributed by atoms with Gasteiger partial charge in [-0.25, -0.2) is 0 Å². The maximum absolute atomic E-state index is 6.25. The summed E-state index contributed by atoms with van der Waals surface area (Å²) in [6.07, 6.45) is 0.719. The fourth-order valence-corrected chi connectivity index (χ4v) is 3.83. The molecule has 1 aliphatic heterocycles. The minimum atomic E-state index is -0.0417. The first kappa shape index (κ1) is 19.6. The Morgan fingerprint density at radius 1 is 0.897 bits per heavy atom. The van der Waals surface area contributed by atoms with E-state index in [9.17, 15) is 0 Å². The largest absolute Gasteiger partial charge is 0.497 e. The third-order valence-corrected chi connectivity index (χ3v) is 5.45. The van der Waals surface area contributed by atoms with E-state index in [1.54, 1.807) is 14.2 Å². The summed E-state index contributed by atoms with van der Waals surface area (Å²) >= 11 is 12.3. The van der Waals surface area contributed by atoms with Gasteiger partial charge in [0.1, 0.15) is 11.5 Å². The summed E-state index contributed by atoms with van der Waals surface area (Å²) in [5, 5.41) is 8.30. The van der Waals surface area contributed by atoms with Crippen molar-refractivity contribution < 1.29 is 9.47 Å². The average Bonchev–Trinajstić information content (AvgIpc) is 3.19. The summed E-state index contributed by atoms with van der Waals surface area (Å²) in [6, 6.07) is 21.3. The Morgan fingerprint density at radius 3 is 2.38 bits per heavy atom. The smallest absolute Gasteiger partial charge is 0.127 e.